The number of hydrogen-bond acceptors (Lipinski definition) is 9. The quantitative estimate of drug-likeness (QED) is 0.308. The summed E-state index contributed by atoms with van der Waals surface area (Å²) in [4.78, 5) is 22.7. The van der Waals surface area contributed by atoms with Gasteiger partial charge in [0, 0.05) is 42.4 Å². The molecule has 0 saturated carbocycles. The second kappa shape index (κ2) is 11.1. The molecule has 13 heteroatoms. The van der Waals surface area contributed by atoms with Gasteiger partial charge in [0.1, 0.15) is 17.9 Å². The molecule has 1 fully saturated rings. The maximum absolute atomic E-state index is 14.6. The monoisotopic (exact) mass is 525 g/mol. The van der Waals surface area contributed by atoms with Crippen LogP contribution in [0.3, 0.4) is 0 Å². The molecule has 0 spiro atoms. The van der Waals surface area contributed by atoms with Crippen LogP contribution in [0.4, 0.5) is 20.3 Å². The van der Waals surface area contributed by atoms with Crippen LogP contribution < -0.4 is 20.4 Å². The molecule has 3 aromatic rings. The van der Waals surface area contributed by atoms with E-state index in [9.17, 15) is 13.6 Å². The van der Waals surface area contributed by atoms with Crippen LogP contribution in [0, 0.1) is 11.6 Å². The Bertz CT molecular complexity index is 1400. The third-order valence-corrected chi connectivity index (χ3v) is 6.24. The zero-order chi connectivity index (χ0) is 26.5. The Morgan fingerprint density at radius 2 is 2.03 bits per heavy atom. The van der Waals surface area contributed by atoms with Crippen molar-refractivity contribution in [2.45, 2.75) is 6.42 Å². The second-order valence-electron chi connectivity index (χ2n) is 8.91. The highest BCUT2D eigenvalue weighted by Crippen LogP contribution is 2.35. The second-order valence-corrected chi connectivity index (χ2v) is 8.91. The van der Waals surface area contributed by atoms with Crippen LogP contribution >= 0.6 is 0 Å². The number of carbonyl (C=O) groups is 1. The van der Waals surface area contributed by atoms with Crippen LogP contribution in [0.2, 0.25) is 0 Å². The van der Waals surface area contributed by atoms with Gasteiger partial charge in [0.15, 0.2) is 18.6 Å². The van der Waals surface area contributed by atoms with Gasteiger partial charge in [-0.1, -0.05) is 11.2 Å². The van der Waals surface area contributed by atoms with E-state index in [-0.39, 0.29) is 11.5 Å². The van der Waals surface area contributed by atoms with Crippen LogP contribution in [0.25, 0.3) is 10.9 Å². The Morgan fingerprint density at radius 3 is 2.84 bits per heavy atom. The summed E-state index contributed by atoms with van der Waals surface area (Å²) in [5, 5.41) is 11.8. The van der Waals surface area contributed by atoms with Gasteiger partial charge in [-0.05, 0) is 24.6 Å². The molecule has 1 unspecified atom stereocenters. The number of fused-ring (bicyclic) bond motifs is 1. The van der Waals surface area contributed by atoms with E-state index >= 15 is 0 Å². The topological polar surface area (TPSA) is 127 Å². The van der Waals surface area contributed by atoms with Crippen LogP contribution in [0.5, 0.6) is 5.75 Å². The van der Waals surface area contributed by atoms with E-state index in [0.29, 0.717) is 29.1 Å². The molecule has 38 heavy (non-hydrogen) atoms. The van der Waals surface area contributed by atoms with Crippen molar-refractivity contribution in [3.63, 3.8) is 0 Å². The number of nitrogens with zero attached hydrogens (tertiary/aromatic N) is 6. The lowest BCUT2D eigenvalue weighted by Gasteiger charge is -2.26. The number of morpholine rings is 1. The molecule has 11 nitrogen and oxygen atoms in total. The molecule has 3 N–H and O–H groups in total. The predicted octanol–water partition coefficient (Wildman–Crippen LogP) is 3.09. The Morgan fingerprint density at radius 1 is 1.18 bits per heavy atom. The van der Waals surface area contributed by atoms with Crippen LogP contribution in [0.15, 0.2) is 65.1 Å². The molecule has 2 aliphatic rings. The molecule has 1 atom stereocenters. The number of ether oxygens (including phenoxy) is 2. The summed E-state index contributed by atoms with van der Waals surface area (Å²) in [5.74, 6) is -1.71. The molecule has 2 aromatic carbocycles. The molecule has 0 radical (unpaired) electrons. The van der Waals surface area contributed by atoms with Gasteiger partial charge in [-0.15, -0.1) is 4.59 Å². The molecule has 198 valence electrons. The van der Waals surface area contributed by atoms with Crippen molar-refractivity contribution in [3.8, 4) is 5.75 Å². The highest BCUT2D eigenvalue weighted by atomic mass is 19.2. The zero-order valence-electron chi connectivity index (χ0n) is 20.5. The van der Waals surface area contributed by atoms with E-state index < -0.39 is 28.7 Å². The average Bonchev–Trinajstić information content (AvgIpc) is 3.31. The van der Waals surface area contributed by atoms with Gasteiger partial charge in [-0.25, -0.2) is 14.4 Å². The SMILES string of the molecule is NC(=O)C[N+]1(c2cccc(F)c2F)C=C(Nc2ncnc3cc(OCCCN4CCOCC4)ccc23)N=N1. The number of quaternary nitrogens is 1. The number of primary amides is 1. The molecule has 1 amide bonds. The van der Waals surface area contributed by atoms with E-state index in [1.54, 1.807) is 0 Å². The molecule has 0 aliphatic carbocycles. The number of aromatic nitrogens is 2. The van der Waals surface area contributed by atoms with Crippen molar-refractivity contribution in [1.29, 1.82) is 0 Å². The van der Waals surface area contributed by atoms with Gasteiger partial charge in [0.2, 0.25) is 17.3 Å². The van der Waals surface area contributed by atoms with E-state index in [1.807, 2.05) is 18.2 Å². The summed E-state index contributed by atoms with van der Waals surface area (Å²) < 4.78 is 39.1. The maximum atomic E-state index is 14.6. The van der Waals surface area contributed by atoms with Crippen molar-refractivity contribution in [3.05, 3.63) is 66.4 Å². The number of hydrogen-bond donors (Lipinski definition) is 2. The molecule has 0 bridgehead atoms. The summed E-state index contributed by atoms with van der Waals surface area (Å²) in [6.45, 7) is 4.50. The summed E-state index contributed by atoms with van der Waals surface area (Å²) in [6.07, 6.45) is 3.66. The van der Waals surface area contributed by atoms with E-state index in [1.165, 1.54) is 24.7 Å². The number of nitrogens with one attached hydrogen (secondary N) is 1. The first-order valence-corrected chi connectivity index (χ1v) is 12.1. The van der Waals surface area contributed by atoms with Gasteiger partial charge in [-0.3, -0.25) is 9.69 Å². The van der Waals surface area contributed by atoms with Crippen LogP contribution in [0.1, 0.15) is 6.42 Å². The lowest BCUT2D eigenvalue weighted by atomic mass is 10.2. The number of anilines is 1. The Labute approximate surface area is 217 Å². The first kappa shape index (κ1) is 25.6. The fraction of sp³-hybridized carbons (Fsp3) is 0.320. The summed E-state index contributed by atoms with van der Waals surface area (Å²) in [6, 6.07) is 9.08. The molecule has 1 aromatic heterocycles. The summed E-state index contributed by atoms with van der Waals surface area (Å²) in [5.41, 5.74) is 5.82. The largest absolute Gasteiger partial charge is 0.493 e. The van der Waals surface area contributed by atoms with Gasteiger partial charge >= 0.3 is 0 Å². The van der Waals surface area contributed by atoms with Crippen molar-refractivity contribution in [2.24, 2.45) is 16.1 Å². The minimum Gasteiger partial charge on any atom is -0.493 e. The first-order chi connectivity index (χ1) is 18.4. The number of amides is 1. The van der Waals surface area contributed by atoms with Crippen LogP contribution in [-0.4, -0.2) is 66.8 Å². The third kappa shape index (κ3) is 5.59. The summed E-state index contributed by atoms with van der Waals surface area (Å²) in [7, 11) is 0. The van der Waals surface area contributed by atoms with Crippen molar-refractivity contribution in [2.75, 3.05) is 51.3 Å². The molecule has 2 aliphatic heterocycles. The first-order valence-electron chi connectivity index (χ1n) is 12.1. The molecule has 5 rings (SSSR count). The fourth-order valence-corrected chi connectivity index (χ4v) is 4.40. The number of halogens is 2. The highest BCUT2D eigenvalue weighted by molar-refractivity contribution is 5.90. The molecule has 1 saturated heterocycles. The Balaban J connectivity index is 1.31. The standard InChI is InChI=1S/C25H26F2N8O3/c26-19-3-1-4-21(24(19)27)35(14-22(28)36)15-23(32-33-35)31-25-18-6-5-17(13-20(18)29-16-30-25)38-10-2-7-34-8-11-37-12-9-34/h1,3-6,13,15-16H,2,7-12,14H2,(H2-,28,29,30,31,36)/p+1. The fourth-order valence-electron chi connectivity index (χ4n) is 4.40. The minimum atomic E-state index is -1.14. The molecular formula is C25H27F2N8O3+. The van der Waals surface area contributed by atoms with E-state index in [2.05, 4.69) is 30.5 Å². The third-order valence-electron chi connectivity index (χ3n) is 6.24. The Kier molecular flexibility index (Phi) is 7.49. The highest BCUT2D eigenvalue weighted by Gasteiger charge is 2.40. The number of carbonyl (C=O) groups excluding carboxylic acids is 1. The maximum Gasteiger partial charge on any atom is 0.276 e. The van der Waals surface area contributed by atoms with Crippen molar-refractivity contribution in [1.82, 2.24) is 19.5 Å². The molecular weight excluding hydrogens is 498 g/mol. The van der Waals surface area contributed by atoms with Gasteiger partial charge < -0.3 is 20.5 Å². The van der Waals surface area contributed by atoms with Crippen molar-refractivity contribution < 1.29 is 23.0 Å². The lowest BCUT2D eigenvalue weighted by Crippen LogP contribution is -2.44. The minimum absolute atomic E-state index is 0.179. The molecule has 3 heterocycles. The van der Waals surface area contributed by atoms with Crippen LogP contribution in [-0.2, 0) is 9.53 Å². The number of nitrogens with two attached hydrogens (primary N) is 1. The Hall–Kier alpha value is -4.07. The van der Waals surface area contributed by atoms with Crippen molar-refractivity contribution >= 4 is 28.3 Å². The van der Waals surface area contributed by atoms with Gasteiger partial charge in [-0.2, -0.15) is 4.39 Å². The van der Waals surface area contributed by atoms with Gasteiger partial charge in [0.05, 0.1) is 25.3 Å². The summed E-state index contributed by atoms with van der Waals surface area (Å²) >= 11 is 0. The smallest absolute Gasteiger partial charge is 0.276 e. The zero-order valence-corrected chi connectivity index (χ0v) is 20.5. The number of rotatable bonds is 10. The lowest BCUT2D eigenvalue weighted by molar-refractivity contribution is -0.118. The van der Waals surface area contributed by atoms with E-state index in [4.69, 9.17) is 15.2 Å². The normalized spacial score (nSPS) is 19.5. The average molecular weight is 526 g/mol. The van der Waals surface area contributed by atoms with Gasteiger partial charge in [0.25, 0.3) is 5.91 Å². The predicted molar refractivity (Wildman–Crippen MR) is 136 cm³/mol. The number of benzene rings is 2. The van der Waals surface area contributed by atoms with E-state index in [0.717, 1.165) is 45.3 Å².